The van der Waals surface area contributed by atoms with Crippen molar-refractivity contribution in [1.29, 1.82) is 0 Å². The van der Waals surface area contributed by atoms with Crippen molar-refractivity contribution < 1.29 is 4.74 Å². The van der Waals surface area contributed by atoms with Gasteiger partial charge in [0.2, 0.25) is 0 Å². The summed E-state index contributed by atoms with van der Waals surface area (Å²) in [4.78, 5) is 5.53. The van der Waals surface area contributed by atoms with E-state index >= 15 is 0 Å². The SMILES string of the molecule is CNCC(C)Oc1nc(C)c(C)s1. The van der Waals surface area contributed by atoms with Crippen molar-refractivity contribution in [3.05, 3.63) is 10.6 Å². The van der Waals surface area contributed by atoms with Crippen LogP contribution in [0.3, 0.4) is 0 Å². The third kappa shape index (κ3) is 2.97. The number of likely N-dealkylation sites (N-methyl/N-ethyl adjacent to an activating group) is 1. The predicted molar refractivity (Wildman–Crippen MR) is 55.6 cm³/mol. The van der Waals surface area contributed by atoms with Gasteiger partial charge in [-0.3, -0.25) is 0 Å². The molecule has 0 spiro atoms. The highest BCUT2D eigenvalue weighted by atomic mass is 32.1. The van der Waals surface area contributed by atoms with E-state index in [0.29, 0.717) is 0 Å². The van der Waals surface area contributed by atoms with Crippen molar-refractivity contribution in [1.82, 2.24) is 10.3 Å². The molecule has 74 valence electrons. The van der Waals surface area contributed by atoms with E-state index in [9.17, 15) is 0 Å². The Morgan fingerprint density at radius 1 is 1.54 bits per heavy atom. The van der Waals surface area contributed by atoms with E-state index < -0.39 is 0 Å². The van der Waals surface area contributed by atoms with E-state index in [-0.39, 0.29) is 6.10 Å². The number of aromatic nitrogens is 1. The lowest BCUT2D eigenvalue weighted by atomic mass is 10.4. The first-order chi connectivity index (χ1) is 6.13. The van der Waals surface area contributed by atoms with E-state index in [1.54, 1.807) is 11.3 Å². The van der Waals surface area contributed by atoms with Crippen LogP contribution >= 0.6 is 11.3 Å². The van der Waals surface area contributed by atoms with Crippen LogP contribution in [0, 0.1) is 13.8 Å². The molecular weight excluding hydrogens is 184 g/mol. The monoisotopic (exact) mass is 200 g/mol. The summed E-state index contributed by atoms with van der Waals surface area (Å²) in [6.45, 7) is 6.93. The largest absolute Gasteiger partial charge is 0.466 e. The first kappa shape index (κ1) is 10.5. The molecule has 0 aliphatic carbocycles. The Balaban J connectivity index is 2.53. The zero-order chi connectivity index (χ0) is 9.84. The fourth-order valence-electron chi connectivity index (χ4n) is 0.995. The van der Waals surface area contributed by atoms with Gasteiger partial charge in [0.1, 0.15) is 6.10 Å². The maximum atomic E-state index is 5.60. The second-order valence-electron chi connectivity index (χ2n) is 3.11. The van der Waals surface area contributed by atoms with Crippen molar-refractivity contribution in [2.75, 3.05) is 13.6 Å². The highest BCUT2D eigenvalue weighted by Crippen LogP contribution is 2.24. The summed E-state index contributed by atoms with van der Waals surface area (Å²) in [5, 5.41) is 3.84. The molecule has 0 saturated heterocycles. The van der Waals surface area contributed by atoms with Crippen LogP contribution in [0.25, 0.3) is 0 Å². The second kappa shape index (κ2) is 4.58. The fourth-order valence-corrected chi connectivity index (χ4v) is 1.85. The molecule has 0 aliphatic rings. The van der Waals surface area contributed by atoms with Gasteiger partial charge in [0.05, 0.1) is 5.69 Å². The molecule has 3 nitrogen and oxygen atoms in total. The lowest BCUT2D eigenvalue weighted by Gasteiger charge is -2.10. The zero-order valence-corrected chi connectivity index (χ0v) is 9.36. The maximum Gasteiger partial charge on any atom is 0.273 e. The number of nitrogens with zero attached hydrogens (tertiary/aromatic N) is 1. The molecule has 1 N–H and O–H groups in total. The molecule has 1 atom stereocenters. The van der Waals surface area contributed by atoms with E-state index in [1.165, 1.54) is 4.88 Å². The minimum atomic E-state index is 0.176. The average molecular weight is 200 g/mol. The van der Waals surface area contributed by atoms with E-state index in [2.05, 4.69) is 17.2 Å². The molecule has 0 amide bonds. The van der Waals surface area contributed by atoms with Crippen LogP contribution in [0.2, 0.25) is 0 Å². The van der Waals surface area contributed by atoms with Crippen molar-refractivity contribution in [3.8, 4) is 5.19 Å². The molecule has 0 bridgehead atoms. The molecule has 4 heteroatoms. The van der Waals surface area contributed by atoms with Gasteiger partial charge in [0.15, 0.2) is 0 Å². The third-order valence-electron chi connectivity index (χ3n) is 1.80. The Kier molecular flexibility index (Phi) is 3.69. The predicted octanol–water partition coefficient (Wildman–Crippen LogP) is 1.75. The van der Waals surface area contributed by atoms with E-state index in [1.807, 2.05) is 20.9 Å². The molecule has 13 heavy (non-hydrogen) atoms. The van der Waals surface area contributed by atoms with E-state index in [0.717, 1.165) is 17.4 Å². The molecule has 1 unspecified atom stereocenters. The van der Waals surface area contributed by atoms with Crippen LogP contribution in [-0.4, -0.2) is 24.7 Å². The Morgan fingerprint density at radius 2 is 2.23 bits per heavy atom. The van der Waals surface area contributed by atoms with Crippen LogP contribution in [0.15, 0.2) is 0 Å². The molecular formula is C9H16N2OS. The molecule has 1 aromatic rings. The van der Waals surface area contributed by atoms with Crippen LogP contribution < -0.4 is 10.1 Å². The number of aryl methyl sites for hydroxylation is 2. The van der Waals surface area contributed by atoms with Crippen molar-refractivity contribution in [2.24, 2.45) is 0 Å². The standard InChI is InChI=1S/C9H16N2OS/c1-6(5-10-4)12-9-11-7(2)8(3)13-9/h6,10H,5H2,1-4H3. The van der Waals surface area contributed by atoms with Gasteiger partial charge in [-0.1, -0.05) is 11.3 Å². The van der Waals surface area contributed by atoms with Gasteiger partial charge in [-0.15, -0.1) is 0 Å². The van der Waals surface area contributed by atoms with Gasteiger partial charge >= 0.3 is 0 Å². The third-order valence-corrected chi connectivity index (χ3v) is 2.77. The average Bonchev–Trinajstić information content (AvgIpc) is 2.31. The summed E-state index contributed by atoms with van der Waals surface area (Å²) >= 11 is 1.61. The first-order valence-corrected chi connectivity index (χ1v) is 5.20. The smallest absolute Gasteiger partial charge is 0.273 e. The molecule has 1 heterocycles. The van der Waals surface area contributed by atoms with Gasteiger partial charge < -0.3 is 10.1 Å². The summed E-state index contributed by atoms with van der Waals surface area (Å²) in [5.41, 5.74) is 1.07. The number of thiazole rings is 1. The molecule has 0 saturated carbocycles. The Hall–Kier alpha value is -0.610. The van der Waals surface area contributed by atoms with Gasteiger partial charge in [-0.2, -0.15) is 0 Å². The summed E-state index contributed by atoms with van der Waals surface area (Å²) in [7, 11) is 1.91. The fraction of sp³-hybridized carbons (Fsp3) is 0.667. The highest BCUT2D eigenvalue weighted by molar-refractivity contribution is 7.13. The lowest BCUT2D eigenvalue weighted by Crippen LogP contribution is -2.25. The number of ether oxygens (including phenoxy) is 1. The van der Waals surface area contributed by atoms with Crippen molar-refractivity contribution in [3.63, 3.8) is 0 Å². The minimum absolute atomic E-state index is 0.176. The molecule has 1 rings (SSSR count). The molecule has 1 aromatic heterocycles. The zero-order valence-electron chi connectivity index (χ0n) is 8.55. The first-order valence-electron chi connectivity index (χ1n) is 4.38. The summed E-state index contributed by atoms with van der Waals surface area (Å²) in [6.07, 6.45) is 0.176. The molecule has 0 aliphatic heterocycles. The highest BCUT2D eigenvalue weighted by Gasteiger charge is 2.07. The van der Waals surface area contributed by atoms with Crippen molar-refractivity contribution in [2.45, 2.75) is 26.9 Å². The topological polar surface area (TPSA) is 34.1 Å². The van der Waals surface area contributed by atoms with Gasteiger partial charge in [-0.05, 0) is 27.8 Å². The molecule has 0 aromatic carbocycles. The number of hydrogen-bond donors (Lipinski definition) is 1. The van der Waals surface area contributed by atoms with E-state index in [4.69, 9.17) is 4.74 Å². The maximum absolute atomic E-state index is 5.60. The lowest BCUT2D eigenvalue weighted by molar-refractivity contribution is 0.219. The quantitative estimate of drug-likeness (QED) is 0.804. The van der Waals surface area contributed by atoms with Gasteiger partial charge in [-0.25, -0.2) is 4.98 Å². The number of nitrogens with one attached hydrogen (secondary N) is 1. The Morgan fingerprint density at radius 3 is 2.69 bits per heavy atom. The number of rotatable bonds is 4. The Labute approximate surface area is 83.1 Å². The summed E-state index contributed by atoms with van der Waals surface area (Å²) in [5.74, 6) is 0. The van der Waals surface area contributed by atoms with Crippen LogP contribution in [0.4, 0.5) is 0 Å². The second-order valence-corrected chi connectivity index (χ2v) is 4.27. The number of hydrogen-bond acceptors (Lipinski definition) is 4. The normalized spacial score (nSPS) is 12.9. The van der Waals surface area contributed by atoms with Crippen molar-refractivity contribution >= 4 is 11.3 Å². The Bertz CT molecular complexity index is 253. The molecule has 0 fully saturated rings. The van der Waals surface area contributed by atoms with Crippen LogP contribution in [0.1, 0.15) is 17.5 Å². The van der Waals surface area contributed by atoms with Crippen LogP contribution in [0.5, 0.6) is 5.19 Å². The summed E-state index contributed by atoms with van der Waals surface area (Å²) < 4.78 is 5.60. The molecule has 0 radical (unpaired) electrons. The minimum Gasteiger partial charge on any atom is -0.466 e. The summed E-state index contributed by atoms with van der Waals surface area (Å²) in [6, 6.07) is 0. The van der Waals surface area contributed by atoms with Crippen LogP contribution in [-0.2, 0) is 0 Å². The van der Waals surface area contributed by atoms with Gasteiger partial charge in [0.25, 0.3) is 5.19 Å². The van der Waals surface area contributed by atoms with Gasteiger partial charge in [0, 0.05) is 11.4 Å².